The zero-order valence-corrected chi connectivity index (χ0v) is 12.3. The van der Waals surface area contributed by atoms with E-state index in [1.165, 1.54) is 18.2 Å². The second-order valence-electron chi connectivity index (χ2n) is 4.23. The average molecular weight is 380 g/mol. The summed E-state index contributed by atoms with van der Waals surface area (Å²) >= 11 is 3.07. The molecule has 0 saturated heterocycles. The standard InChI is InChI=1S/C14H7BrF5NO/c15-9-4-1-3-8(7-9)13(22)21(20)11-6-2-5-10(12(11)16)14(17,18)19/h1-7H. The Balaban J connectivity index is 2.42. The van der Waals surface area contributed by atoms with Crippen LogP contribution >= 0.6 is 15.9 Å². The molecule has 0 atom stereocenters. The Hall–Kier alpha value is -1.96. The van der Waals surface area contributed by atoms with Gasteiger partial charge in [-0.3, -0.25) is 4.79 Å². The molecule has 0 bridgehead atoms. The van der Waals surface area contributed by atoms with Crippen molar-refractivity contribution >= 4 is 27.5 Å². The Morgan fingerprint density at radius 1 is 1.09 bits per heavy atom. The lowest BCUT2D eigenvalue weighted by molar-refractivity contribution is -0.139. The Morgan fingerprint density at radius 2 is 1.73 bits per heavy atom. The monoisotopic (exact) mass is 379 g/mol. The SMILES string of the molecule is O=C(c1cccc(Br)c1)N(F)c1cccc(C(F)(F)F)c1F. The first-order valence-corrected chi connectivity index (χ1v) is 6.62. The number of alkyl halides is 3. The first-order valence-electron chi connectivity index (χ1n) is 5.83. The second-order valence-corrected chi connectivity index (χ2v) is 5.15. The number of carbonyl (C=O) groups is 1. The number of nitrogens with zero attached hydrogens (tertiary/aromatic N) is 1. The van der Waals surface area contributed by atoms with Gasteiger partial charge in [0.25, 0.3) is 5.91 Å². The maximum absolute atomic E-state index is 14.0. The second kappa shape index (κ2) is 6.04. The van der Waals surface area contributed by atoms with E-state index in [0.29, 0.717) is 10.5 Å². The number of hydrogen-bond acceptors (Lipinski definition) is 1. The summed E-state index contributed by atoms with van der Waals surface area (Å²) in [6.07, 6.45) is -4.99. The molecule has 2 nitrogen and oxygen atoms in total. The zero-order chi connectivity index (χ0) is 16.5. The van der Waals surface area contributed by atoms with Crippen molar-refractivity contribution in [3.05, 3.63) is 63.9 Å². The van der Waals surface area contributed by atoms with Crippen LogP contribution in [0, 0.1) is 5.82 Å². The number of anilines is 1. The molecule has 0 radical (unpaired) electrons. The van der Waals surface area contributed by atoms with Crippen molar-refractivity contribution < 1.29 is 26.8 Å². The van der Waals surface area contributed by atoms with E-state index >= 15 is 0 Å². The minimum Gasteiger partial charge on any atom is -0.266 e. The molecule has 0 saturated carbocycles. The molecule has 2 aromatic carbocycles. The zero-order valence-electron chi connectivity index (χ0n) is 10.7. The van der Waals surface area contributed by atoms with E-state index in [1.807, 2.05) is 0 Å². The summed E-state index contributed by atoms with van der Waals surface area (Å²) in [5.74, 6) is -3.12. The molecule has 0 aliphatic carbocycles. The predicted molar refractivity (Wildman–Crippen MR) is 73.5 cm³/mol. The first-order chi connectivity index (χ1) is 10.2. The van der Waals surface area contributed by atoms with Crippen molar-refractivity contribution in [1.29, 1.82) is 0 Å². The number of rotatable bonds is 2. The van der Waals surface area contributed by atoms with Crippen molar-refractivity contribution in [2.75, 3.05) is 5.12 Å². The minimum atomic E-state index is -4.99. The van der Waals surface area contributed by atoms with Gasteiger partial charge >= 0.3 is 6.18 Å². The summed E-state index contributed by atoms with van der Waals surface area (Å²) in [4.78, 5) is 11.9. The molecule has 0 heterocycles. The van der Waals surface area contributed by atoms with Crippen LogP contribution in [-0.4, -0.2) is 5.91 Å². The number of hydrogen-bond donors (Lipinski definition) is 0. The van der Waals surface area contributed by atoms with Gasteiger partial charge in [0, 0.05) is 10.0 Å². The van der Waals surface area contributed by atoms with E-state index in [1.54, 1.807) is 6.07 Å². The van der Waals surface area contributed by atoms with E-state index < -0.39 is 34.3 Å². The lowest BCUT2D eigenvalue weighted by atomic mass is 10.1. The van der Waals surface area contributed by atoms with Gasteiger partial charge in [0.15, 0.2) is 5.82 Å². The number of carbonyl (C=O) groups excluding carboxylic acids is 1. The van der Waals surface area contributed by atoms with Crippen LogP contribution in [0.4, 0.5) is 27.7 Å². The molecule has 0 fully saturated rings. The predicted octanol–water partition coefficient (Wildman–Crippen LogP) is 5.14. The van der Waals surface area contributed by atoms with Gasteiger partial charge in [-0.25, -0.2) is 4.39 Å². The highest BCUT2D eigenvalue weighted by molar-refractivity contribution is 9.10. The van der Waals surface area contributed by atoms with Gasteiger partial charge in [-0.2, -0.15) is 13.2 Å². The van der Waals surface area contributed by atoms with Crippen molar-refractivity contribution in [3.63, 3.8) is 0 Å². The molecule has 0 aliphatic heterocycles. The fraction of sp³-hybridized carbons (Fsp3) is 0.0714. The van der Waals surface area contributed by atoms with Crippen molar-refractivity contribution in [2.24, 2.45) is 0 Å². The normalized spacial score (nSPS) is 11.4. The number of halogens is 6. The van der Waals surface area contributed by atoms with Crippen LogP contribution in [0.15, 0.2) is 46.9 Å². The van der Waals surface area contributed by atoms with Gasteiger partial charge in [0.2, 0.25) is 0 Å². The third kappa shape index (κ3) is 3.27. The molecular weight excluding hydrogens is 373 g/mol. The molecule has 2 rings (SSSR count). The average Bonchev–Trinajstić information content (AvgIpc) is 2.44. The van der Waals surface area contributed by atoms with Gasteiger partial charge in [-0.1, -0.05) is 32.5 Å². The van der Waals surface area contributed by atoms with E-state index in [2.05, 4.69) is 15.9 Å². The highest BCUT2D eigenvalue weighted by Gasteiger charge is 2.36. The molecule has 0 unspecified atom stereocenters. The smallest absolute Gasteiger partial charge is 0.266 e. The topological polar surface area (TPSA) is 20.3 Å². The van der Waals surface area contributed by atoms with Gasteiger partial charge < -0.3 is 0 Å². The lowest BCUT2D eigenvalue weighted by Gasteiger charge is -2.16. The third-order valence-corrected chi connectivity index (χ3v) is 3.24. The summed E-state index contributed by atoms with van der Waals surface area (Å²) in [6.45, 7) is 0. The van der Waals surface area contributed by atoms with Crippen molar-refractivity contribution in [1.82, 2.24) is 0 Å². The minimum absolute atomic E-state index is 0.145. The summed E-state index contributed by atoms with van der Waals surface area (Å²) in [5, 5.41) is -0.646. The first kappa shape index (κ1) is 16.4. The molecule has 0 aliphatic rings. The summed E-state index contributed by atoms with van der Waals surface area (Å²) in [6, 6.07) is 7.57. The van der Waals surface area contributed by atoms with Crippen LogP contribution in [0.25, 0.3) is 0 Å². The van der Waals surface area contributed by atoms with Crippen LogP contribution in [0.5, 0.6) is 0 Å². The molecule has 0 N–H and O–H groups in total. The van der Waals surface area contributed by atoms with Crippen LogP contribution in [-0.2, 0) is 6.18 Å². The number of benzene rings is 2. The summed E-state index contributed by atoms with van der Waals surface area (Å²) in [5.41, 5.74) is -2.89. The molecule has 0 spiro atoms. The van der Waals surface area contributed by atoms with E-state index in [-0.39, 0.29) is 5.56 Å². The Bertz CT molecular complexity index is 717. The van der Waals surface area contributed by atoms with E-state index in [9.17, 15) is 26.8 Å². The largest absolute Gasteiger partial charge is 0.419 e. The summed E-state index contributed by atoms with van der Waals surface area (Å²) < 4.78 is 66.1. The molecule has 8 heteroatoms. The van der Waals surface area contributed by atoms with Crippen molar-refractivity contribution in [3.8, 4) is 0 Å². The van der Waals surface area contributed by atoms with E-state index in [0.717, 1.165) is 12.1 Å². The summed E-state index contributed by atoms with van der Waals surface area (Å²) in [7, 11) is 0. The van der Waals surface area contributed by atoms with Gasteiger partial charge in [-0.15, -0.1) is 5.12 Å². The Kier molecular flexibility index (Phi) is 4.50. The fourth-order valence-corrected chi connectivity index (χ4v) is 2.13. The van der Waals surface area contributed by atoms with Gasteiger partial charge in [0.05, 0.1) is 5.56 Å². The van der Waals surface area contributed by atoms with Gasteiger partial charge in [0.1, 0.15) is 5.69 Å². The third-order valence-electron chi connectivity index (χ3n) is 2.75. The lowest BCUT2D eigenvalue weighted by Crippen LogP contribution is -2.24. The molecule has 1 amide bonds. The quantitative estimate of drug-likeness (QED) is 0.522. The van der Waals surface area contributed by atoms with E-state index in [4.69, 9.17) is 0 Å². The molecule has 116 valence electrons. The molecular formula is C14H7BrF5NO. The van der Waals surface area contributed by atoms with Crippen LogP contribution in [0.3, 0.4) is 0 Å². The highest BCUT2D eigenvalue weighted by Crippen LogP contribution is 2.35. The maximum Gasteiger partial charge on any atom is 0.419 e. The molecule has 22 heavy (non-hydrogen) atoms. The number of amides is 1. The van der Waals surface area contributed by atoms with Crippen LogP contribution in [0.2, 0.25) is 0 Å². The molecule has 2 aromatic rings. The Morgan fingerprint density at radius 3 is 2.32 bits per heavy atom. The van der Waals surface area contributed by atoms with Gasteiger partial charge in [-0.05, 0) is 30.3 Å². The fourth-order valence-electron chi connectivity index (χ4n) is 1.73. The van der Waals surface area contributed by atoms with Crippen LogP contribution < -0.4 is 5.12 Å². The van der Waals surface area contributed by atoms with Crippen LogP contribution in [0.1, 0.15) is 15.9 Å². The Labute approximate surface area is 130 Å². The molecule has 0 aromatic heterocycles. The van der Waals surface area contributed by atoms with Crippen molar-refractivity contribution in [2.45, 2.75) is 6.18 Å². The maximum atomic E-state index is 14.0. The highest BCUT2D eigenvalue weighted by atomic mass is 79.9.